The average molecular weight is 330 g/mol. The zero-order chi connectivity index (χ0) is 13.1. The summed E-state index contributed by atoms with van der Waals surface area (Å²) in [5.74, 6) is 0.417. The normalized spacial score (nSPS) is 12.2. The van der Waals surface area contributed by atoms with E-state index >= 15 is 0 Å². The Hall–Kier alpha value is -1.06. The van der Waals surface area contributed by atoms with Crippen LogP contribution in [0.3, 0.4) is 0 Å². The smallest absolute Gasteiger partial charge is 0.137 e. The molecule has 4 heteroatoms. The van der Waals surface area contributed by atoms with E-state index < -0.39 is 0 Å². The van der Waals surface area contributed by atoms with Gasteiger partial charge >= 0.3 is 0 Å². The largest absolute Gasteiger partial charge is 0.496 e. The van der Waals surface area contributed by atoms with E-state index in [1.807, 2.05) is 24.3 Å². The zero-order valence-corrected chi connectivity index (χ0v) is 12.0. The molecule has 2 aromatic rings. The number of rotatable bonds is 3. The Kier molecular flexibility index (Phi) is 4.25. The van der Waals surface area contributed by atoms with Crippen LogP contribution >= 0.6 is 27.5 Å². The monoisotopic (exact) mass is 328 g/mol. The Labute approximate surface area is 119 Å². The molecule has 18 heavy (non-hydrogen) atoms. The fourth-order valence-electron chi connectivity index (χ4n) is 1.73. The van der Waals surface area contributed by atoms with Crippen LogP contribution in [0.1, 0.15) is 16.5 Å². The zero-order valence-electron chi connectivity index (χ0n) is 9.66. The van der Waals surface area contributed by atoms with E-state index in [0.717, 1.165) is 16.9 Å². The number of para-hydroxylation sites is 1. The van der Waals surface area contributed by atoms with Crippen molar-refractivity contribution in [2.24, 2.45) is 0 Å². The lowest BCUT2D eigenvalue weighted by Gasteiger charge is -2.14. The molecule has 0 fully saturated rings. The van der Waals surface area contributed by atoms with Gasteiger partial charge in [0.15, 0.2) is 0 Å². The van der Waals surface area contributed by atoms with Gasteiger partial charge in [0.25, 0.3) is 0 Å². The van der Waals surface area contributed by atoms with Crippen LogP contribution < -0.4 is 4.74 Å². The van der Waals surface area contributed by atoms with Crippen LogP contribution in [0.25, 0.3) is 0 Å². The first kappa shape index (κ1) is 13.4. The van der Waals surface area contributed by atoms with E-state index in [1.54, 1.807) is 19.2 Å². The van der Waals surface area contributed by atoms with Crippen molar-refractivity contribution >= 4 is 27.5 Å². The quantitative estimate of drug-likeness (QED) is 0.726. The molecule has 0 saturated heterocycles. The number of hydrogen-bond donors (Lipinski definition) is 0. The summed E-state index contributed by atoms with van der Waals surface area (Å²) in [5, 5.41) is -0.377. The van der Waals surface area contributed by atoms with E-state index in [-0.39, 0.29) is 11.2 Å². The van der Waals surface area contributed by atoms with Crippen LogP contribution in [-0.2, 0) is 0 Å². The second-order valence-corrected chi connectivity index (χ2v) is 5.07. The van der Waals surface area contributed by atoms with E-state index in [0.29, 0.717) is 4.47 Å². The first-order valence-corrected chi connectivity index (χ1v) is 6.58. The molecular weight excluding hydrogens is 319 g/mol. The molecule has 0 aromatic heterocycles. The molecule has 0 aliphatic carbocycles. The Morgan fingerprint density at radius 1 is 1.22 bits per heavy atom. The molecule has 2 aromatic carbocycles. The maximum atomic E-state index is 13.2. The molecule has 0 radical (unpaired) electrons. The summed E-state index contributed by atoms with van der Waals surface area (Å²) in [6, 6.07) is 12.3. The third kappa shape index (κ3) is 2.68. The van der Waals surface area contributed by atoms with Crippen LogP contribution in [-0.4, -0.2) is 7.11 Å². The fraction of sp³-hybridized carbons (Fsp3) is 0.143. The number of alkyl halides is 1. The molecule has 0 bridgehead atoms. The Morgan fingerprint density at radius 3 is 2.61 bits per heavy atom. The molecule has 0 aliphatic rings. The van der Waals surface area contributed by atoms with Crippen LogP contribution in [0.15, 0.2) is 46.9 Å². The topological polar surface area (TPSA) is 9.23 Å². The molecule has 94 valence electrons. The number of ether oxygens (including phenoxy) is 1. The molecule has 0 saturated carbocycles. The van der Waals surface area contributed by atoms with Gasteiger partial charge in [-0.05, 0) is 39.7 Å². The molecular formula is C14H11BrClFO. The van der Waals surface area contributed by atoms with Gasteiger partial charge in [0.2, 0.25) is 0 Å². The number of halogens is 3. The van der Waals surface area contributed by atoms with Crippen molar-refractivity contribution in [2.75, 3.05) is 7.11 Å². The highest BCUT2D eigenvalue weighted by Gasteiger charge is 2.16. The van der Waals surface area contributed by atoms with Gasteiger partial charge in [-0.2, -0.15) is 0 Å². The van der Waals surface area contributed by atoms with Crippen molar-refractivity contribution in [1.82, 2.24) is 0 Å². The molecule has 0 aliphatic heterocycles. The third-order valence-electron chi connectivity index (χ3n) is 2.65. The first-order chi connectivity index (χ1) is 8.63. The molecule has 0 amide bonds. The van der Waals surface area contributed by atoms with Gasteiger partial charge in [0, 0.05) is 5.56 Å². The van der Waals surface area contributed by atoms with Crippen LogP contribution in [0.2, 0.25) is 0 Å². The summed E-state index contributed by atoms with van der Waals surface area (Å²) in [7, 11) is 1.60. The molecule has 1 unspecified atom stereocenters. The van der Waals surface area contributed by atoms with E-state index in [9.17, 15) is 4.39 Å². The molecule has 0 heterocycles. The highest BCUT2D eigenvalue weighted by atomic mass is 79.9. The highest BCUT2D eigenvalue weighted by Crippen LogP contribution is 2.36. The summed E-state index contributed by atoms with van der Waals surface area (Å²) in [5.41, 5.74) is 1.68. The van der Waals surface area contributed by atoms with Crippen molar-refractivity contribution in [3.05, 3.63) is 63.9 Å². The summed E-state index contributed by atoms with van der Waals surface area (Å²) in [6.45, 7) is 0. The number of hydrogen-bond acceptors (Lipinski definition) is 1. The summed E-state index contributed by atoms with van der Waals surface area (Å²) in [4.78, 5) is 0. The van der Waals surface area contributed by atoms with Crippen molar-refractivity contribution < 1.29 is 9.13 Å². The van der Waals surface area contributed by atoms with Gasteiger partial charge in [-0.1, -0.05) is 24.3 Å². The second-order valence-electron chi connectivity index (χ2n) is 3.78. The minimum atomic E-state index is -0.377. The average Bonchev–Trinajstić information content (AvgIpc) is 2.41. The summed E-state index contributed by atoms with van der Waals surface area (Å²) >= 11 is 9.57. The van der Waals surface area contributed by atoms with Gasteiger partial charge < -0.3 is 4.74 Å². The third-order valence-corrected chi connectivity index (χ3v) is 3.74. The van der Waals surface area contributed by atoms with Crippen molar-refractivity contribution in [3.63, 3.8) is 0 Å². The predicted octanol–water partition coefficient (Wildman–Crippen LogP) is 4.93. The fourth-order valence-corrected chi connectivity index (χ4v) is 2.44. The van der Waals surface area contributed by atoms with E-state index in [1.165, 1.54) is 6.07 Å². The van der Waals surface area contributed by atoms with Crippen LogP contribution in [0.5, 0.6) is 5.75 Å². The maximum absolute atomic E-state index is 13.2. The van der Waals surface area contributed by atoms with Gasteiger partial charge in [-0.15, -0.1) is 11.6 Å². The Morgan fingerprint density at radius 2 is 1.94 bits per heavy atom. The molecule has 2 rings (SSSR count). The maximum Gasteiger partial charge on any atom is 0.137 e. The Balaban J connectivity index is 2.41. The highest BCUT2D eigenvalue weighted by molar-refractivity contribution is 9.10. The summed E-state index contributed by atoms with van der Waals surface area (Å²) in [6.07, 6.45) is 0. The van der Waals surface area contributed by atoms with Crippen molar-refractivity contribution in [3.8, 4) is 5.75 Å². The molecule has 0 spiro atoms. The molecule has 0 N–H and O–H groups in total. The van der Waals surface area contributed by atoms with Gasteiger partial charge in [0.1, 0.15) is 11.6 Å². The first-order valence-electron chi connectivity index (χ1n) is 5.35. The second kappa shape index (κ2) is 5.72. The molecule has 1 nitrogen and oxygen atoms in total. The Bertz CT molecular complexity index is 559. The lowest BCUT2D eigenvalue weighted by atomic mass is 10.0. The predicted molar refractivity (Wildman–Crippen MR) is 74.8 cm³/mol. The summed E-state index contributed by atoms with van der Waals surface area (Å²) < 4.78 is 18.9. The van der Waals surface area contributed by atoms with Gasteiger partial charge in [0.05, 0.1) is 17.0 Å². The van der Waals surface area contributed by atoms with Crippen molar-refractivity contribution in [2.45, 2.75) is 5.38 Å². The van der Waals surface area contributed by atoms with E-state index in [4.69, 9.17) is 16.3 Å². The minimum Gasteiger partial charge on any atom is -0.496 e. The van der Waals surface area contributed by atoms with Crippen LogP contribution in [0.4, 0.5) is 4.39 Å². The number of benzene rings is 2. The van der Waals surface area contributed by atoms with Crippen LogP contribution in [0, 0.1) is 5.82 Å². The molecule has 1 atom stereocenters. The van der Waals surface area contributed by atoms with Crippen molar-refractivity contribution in [1.29, 1.82) is 0 Å². The lowest BCUT2D eigenvalue weighted by Crippen LogP contribution is -1.97. The SMILES string of the molecule is COc1ccccc1C(Cl)c1ccc(F)c(Br)c1. The van der Waals surface area contributed by atoms with Gasteiger partial charge in [-0.3, -0.25) is 0 Å². The lowest BCUT2D eigenvalue weighted by molar-refractivity contribution is 0.410. The van der Waals surface area contributed by atoms with Gasteiger partial charge in [-0.25, -0.2) is 4.39 Å². The minimum absolute atomic E-state index is 0.303. The standard InChI is InChI=1S/C14H11BrClFO/c1-18-13-5-3-2-4-10(13)14(16)9-6-7-12(17)11(15)8-9/h2-8,14H,1H3. The number of methoxy groups -OCH3 is 1. The van der Waals surface area contributed by atoms with E-state index in [2.05, 4.69) is 15.9 Å².